The quantitative estimate of drug-likeness (QED) is 0.768. The zero-order valence-corrected chi connectivity index (χ0v) is 10.7. The van der Waals surface area contributed by atoms with E-state index >= 15 is 0 Å². The molecule has 7 heteroatoms. The minimum atomic E-state index is -3.71. The zero-order chi connectivity index (χ0) is 13.5. The van der Waals surface area contributed by atoms with Crippen LogP contribution in [0.5, 0.6) is 0 Å². The molecule has 2 rings (SSSR count). The van der Waals surface area contributed by atoms with Gasteiger partial charge in [-0.2, -0.15) is 4.31 Å². The summed E-state index contributed by atoms with van der Waals surface area (Å²) in [5.41, 5.74) is 5.52. The first kappa shape index (κ1) is 13.3. The van der Waals surface area contributed by atoms with Crippen LogP contribution in [0.4, 0.5) is 10.1 Å². The van der Waals surface area contributed by atoms with E-state index in [2.05, 4.69) is 0 Å². The average molecular weight is 274 g/mol. The van der Waals surface area contributed by atoms with Crippen molar-refractivity contribution < 1.29 is 17.9 Å². The Balaban J connectivity index is 2.45. The Morgan fingerprint density at radius 1 is 1.50 bits per heavy atom. The van der Waals surface area contributed by atoms with Gasteiger partial charge in [0.15, 0.2) is 0 Å². The number of hydrogen-bond donors (Lipinski definition) is 2. The molecule has 0 aromatic heterocycles. The molecule has 1 fully saturated rings. The number of hydrogen-bond acceptors (Lipinski definition) is 4. The van der Waals surface area contributed by atoms with Gasteiger partial charge in [0.1, 0.15) is 5.82 Å². The summed E-state index contributed by atoms with van der Waals surface area (Å²) in [5, 5.41) is 9.39. The largest absolute Gasteiger partial charge is 0.396 e. The van der Waals surface area contributed by atoms with Gasteiger partial charge in [-0.3, -0.25) is 0 Å². The topological polar surface area (TPSA) is 83.6 Å². The first-order chi connectivity index (χ1) is 8.32. The highest BCUT2D eigenvalue weighted by Gasteiger charge is 2.32. The Kier molecular flexibility index (Phi) is 3.31. The molecule has 3 N–H and O–H groups in total. The lowest BCUT2D eigenvalue weighted by Crippen LogP contribution is -2.30. The monoisotopic (exact) mass is 274 g/mol. The number of aliphatic hydroxyl groups is 1. The molecule has 0 amide bonds. The van der Waals surface area contributed by atoms with Crippen LogP contribution in [0.3, 0.4) is 0 Å². The van der Waals surface area contributed by atoms with Crippen molar-refractivity contribution >= 4 is 15.7 Å². The van der Waals surface area contributed by atoms with Crippen molar-refractivity contribution in [1.29, 1.82) is 0 Å². The summed E-state index contributed by atoms with van der Waals surface area (Å²) in [4.78, 5) is -0.00417. The Morgan fingerprint density at radius 3 is 2.72 bits per heavy atom. The Labute approximate surface area is 105 Å². The third-order valence-electron chi connectivity index (χ3n) is 3.04. The molecule has 1 aromatic carbocycles. The van der Waals surface area contributed by atoms with E-state index in [0.717, 1.165) is 12.1 Å². The number of sulfonamides is 1. The summed E-state index contributed by atoms with van der Waals surface area (Å²) in [7, 11) is -3.71. The Bertz CT molecular complexity index is 574. The molecule has 1 aliphatic heterocycles. The summed E-state index contributed by atoms with van der Waals surface area (Å²) in [6.07, 6.45) is -0.229. The minimum Gasteiger partial charge on any atom is -0.396 e. The fourth-order valence-electron chi connectivity index (χ4n) is 2.01. The molecular formula is C11H15FN2O3S. The second-order valence-electron chi connectivity index (χ2n) is 4.44. The highest BCUT2D eigenvalue weighted by Crippen LogP contribution is 2.26. The standard InChI is InChI=1S/C11H15FN2O3S/c1-7-4-9(12)10(13)5-11(7)18(16,17)14-3-2-8(15)6-14/h4-5,8,15H,2-3,6,13H2,1H3/t8-/m1/s1. The van der Waals surface area contributed by atoms with Crippen molar-refractivity contribution in [3.05, 3.63) is 23.5 Å². The molecule has 0 unspecified atom stereocenters. The van der Waals surface area contributed by atoms with Gasteiger partial charge in [0.2, 0.25) is 10.0 Å². The SMILES string of the molecule is Cc1cc(F)c(N)cc1S(=O)(=O)N1CC[C@@H](O)C1. The molecule has 1 atom stereocenters. The summed E-state index contributed by atoms with van der Waals surface area (Å²) in [6.45, 7) is 1.85. The number of rotatable bonds is 2. The highest BCUT2D eigenvalue weighted by atomic mass is 32.2. The maximum absolute atomic E-state index is 13.2. The number of nitrogen functional groups attached to an aromatic ring is 1. The van der Waals surface area contributed by atoms with Gasteiger partial charge in [0.25, 0.3) is 0 Å². The van der Waals surface area contributed by atoms with Gasteiger partial charge in [0.05, 0.1) is 16.7 Å². The summed E-state index contributed by atoms with van der Waals surface area (Å²) >= 11 is 0. The molecule has 18 heavy (non-hydrogen) atoms. The van der Waals surface area contributed by atoms with E-state index in [1.807, 2.05) is 0 Å². The molecule has 1 saturated heterocycles. The number of nitrogens with zero attached hydrogens (tertiary/aromatic N) is 1. The van der Waals surface area contributed by atoms with Gasteiger partial charge in [-0.25, -0.2) is 12.8 Å². The van der Waals surface area contributed by atoms with Crippen molar-refractivity contribution in [2.24, 2.45) is 0 Å². The molecule has 0 aliphatic carbocycles. The lowest BCUT2D eigenvalue weighted by Gasteiger charge is -2.17. The van der Waals surface area contributed by atoms with E-state index < -0.39 is 21.9 Å². The first-order valence-corrected chi connectivity index (χ1v) is 7.00. The summed E-state index contributed by atoms with van der Waals surface area (Å²) in [6, 6.07) is 2.24. The third-order valence-corrected chi connectivity index (χ3v) is 5.05. The summed E-state index contributed by atoms with van der Waals surface area (Å²) < 4.78 is 39.0. The van der Waals surface area contributed by atoms with Crippen LogP contribution in [0.2, 0.25) is 0 Å². The van der Waals surface area contributed by atoms with Gasteiger partial charge in [-0.1, -0.05) is 0 Å². The van der Waals surface area contributed by atoms with Crippen LogP contribution in [0.15, 0.2) is 17.0 Å². The summed E-state index contributed by atoms with van der Waals surface area (Å²) in [5.74, 6) is -0.632. The number of anilines is 1. The molecular weight excluding hydrogens is 259 g/mol. The molecule has 1 heterocycles. The smallest absolute Gasteiger partial charge is 0.243 e. The third kappa shape index (κ3) is 2.21. The molecule has 1 aliphatic rings. The number of benzene rings is 1. The highest BCUT2D eigenvalue weighted by molar-refractivity contribution is 7.89. The number of halogens is 1. The molecule has 1 aromatic rings. The van der Waals surface area contributed by atoms with Gasteiger partial charge in [-0.15, -0.1) is 0 Å². The van der Waals surface area contributed by atoms with Crippen LogP contribution in [0.1, 0.15) is 12.0 Å². The van der Waals surface area contributed by atoms with Crippen molar-refractivity contribution in [3.63, 3.8) is 0 Å². The van der Waals surface area contributed by atoms with Crippen molar-refractivity contribution in [2.45, 2.75) is 24.3 Å². The molecule has 0 radical (unpaired) electrons. The van der Waals surface area contributed by atoms with Gasteiger partial charge < -0.3 is 10.8 Å². The van der Waals surface area contributed by atoms with Crippen molar-refractivity contribution in [2.75, 3.05) is 18.8 Å². The minimum absolute atomic E-state index is 0.00417. The molecule has 5 nitrogen and oxygen atoms in total. The van der Waals surface area contributed by atoms with Crippen LogP contribution in [0, 0.1) is 12.7 Å². The van der Waals surface area contributed by atoms with Crippen molar-refractivity contribution in [3.8, 4) is 0 Å². The normalized spacial score (nSPS) is 21.4. The van der Waals surface area contributed by atoms with E-state index in [4.69, 9.17) is 5.73 Å². The van der Waals surface area contributed by atoms with Crippen LogP contribution in [0.25, 0.3) is 0 Å². The maximum atomic E-state index is 13.2. The number of nitrogens with two attached hydrogens (primary N) is 1. The molecule has 100 valence electrons. The zero-order valence-electron chi connectivity index (χ0n) is 9.93. The number of aliphatic hydroxyl groups excluding tert-OH is 1. The van der Waals surface area contributed by atoms with E-state index in [1.165, 1.54) is 11.2 Å². The molecule has 0 bridgehead atoms. The predicted molar refractivity (Wildman–Crippen MR) is 64.9 cm³/mol. The Hall–Kier alpha value is -1.18. The molecule has 0 spiro atoms. The van der Waals surface area contributed by atoms with E-state index in [0.29, 0.717) is 12.0 Å². The van der Waals surface area contributed by atoms with Crippen molar-refractivity contribution in [1.82, 2.24) is 4.31 Å². The first-order valence-electron chi connectivity index (χ1n) is 5.56. The second-order valence-corrected chi connectivity index (χ2v) is 6.35. The van der Waals surface area contributed by atoms with E-state index in [-0.39, 0.29) is 23.7 Å². The van der Waals surface area contributed by atoms with Gasteiger partial charge in [0, 0.05) is 13.1 Å². The van der Waals surface area contributed by atoms with Gasteiger partial charge in [-0.05, 0) is 31.0 Å². The van der Waals surface area contributed by atoms with Crippen LogP contribution in [-0.2, 0) is 10.0 Å². The fourth-order valence-corrected chi connectivity index (χ4v) is 3.75. The average Bonchev–Trinajstić information content (AvgIpc) is 2.70. The van der Waals surface area contributed by atoms with Crippen LogP contribution < -0.4 is 5.73 Å². The molecule has 0 saturated carbocycles. The Morgan fingerprint density at radius 2 is 2.17 bits per heavy atom. The van der Waals surface area contributed by atoms with Crippen LogP contribution in [-0.4, -0.2) is 37.0 Å². The second kappa shape index (κ2) is 4.49. The lowest BCUT2D eigenvalue weighted by atomic mass is 10.2. The van der Waals surface area contributed by atoms with Crippen LogP contribution >= 0.6 is 0 Å². The number of aryl methyl sites for hydroxylation is 1. The lowest BCUT2D eigenvalue weighted by molar-refractivity contribution is 0.189. The fraction of sp³-hybridized carbons (Fsp3) is 0.455. The maximum Gasteiger partial charge on any atom is 0.243 e. The van der Waals surface area contributed by atoms with Gasteiger partial charge >= 0.3 is 0 Å². The van der Waals surface area contributed by atoms with E-state index in [1.54, 1.807) is 0 Å². The predicted octanol–water partition coefficient (Wildman–Crippen LogP) is 0.472. The number of β-amino-alcohol motifs (C(OH)–C–C–N with tert-alkyl or cyclic N) is 1. The van der Waals surface area contributed by atoms with E-state index in [9.17, 15) is 17.9 Å².